The summed E-state index contributed by atoms with van der Waals surface area (Å²) in [5, 5.41) is 4.42. The topological polar surface area (TPSA) is 0 Å². The summed E-state index contributed by atoms with van der Waals surface area (Å²) in [6.07, 6.45) is 8.45. The third kappa shape index (κ3) is 31.3. The molecule has 0 saturated heterocycles. The van der Waals surface area contributed by atoms with E-state index in [9.17, 15) is 0 Å². The zero-order valence-electron chi connectivity index (χ0n) is 11.3. The monoisotopic (exact) mass is 240 g/mol. The van der Waals surface area contributed by atoms with Crippen LogP contribution < -0.4 is 12.4 Å². The van der Waals surface area contributed by atoms with E-state index < -0.39 is 0 Å². The first kappa shape index (κ1) is 21.7. The Labute approximate surface area is 120 Å². The third-order valence-electron chi connectivity index (χ3n) is 2.23. The van der Waals surface area contributed by atoms with Crippen molar-refractivity contribution >= 4 is 32.9 Å². The number of unbranched alkanes of at least 4 members (excludes halogenated alkanes) is 3. The Morgan fingerprint density at radius 3 is 1.40 bits per heavy atom. The minimum absolute atomic E-state index is 0. The molecule has 15 heavy (non-hydrogen) atoms. The van der Waals surface area contributed by atoms with Gasteiger partial charge in [0.2, 0.25) is 0 Å². The van der Waals surface area contributed by atoms with Gasteiger partial charge in [0, 0.05) is 0 Å². The van der Waals surface area contributed by atoms with Gasteiger partial charge in [-0.3, -0.25) is 0 Å². The molecule has 0 aromatic carbocycles. The van der Waals surface area contributed by atoms with Gasteiger partial charge in [0.15, 0.2) is 0 Å². The summed E-state index contributed by atoms with van der Waals surface area (Å²) in [6.45, 7) is 6.77. The third-order valence-corrected chi connectivity index (χ3v) is 3.86. The van der Waals surface area contributed by atoms with E-state index in [4.69, 9.17) is 0 Å². The van der Waals surface area contributed by atoms with Crippen molar-refractivity contribution in [1.82, 2.24) is 0 Å². The Morgan fingerprint density at radius 1 is 0.800 bits per heavy atom. The first-order valence-corrected chi connectivity index (χ1v) is 8.28. The standard InChI is InChI=1S/3C4H9.Al.ClH.Li/c3*1-3-4-2;;;/h3*1,3-4H2,2H3;;1H;/q;;;+1;;/p-1. The summed E-state index contributed by atoms with van der Waals surface area (Å²) in [5.74, 6) is 0. The average Bonchev–Trinajstić information content (AvgIpc) is 2.20. The van der Waals surface area contributed by atoms with Crippen LogP contribution >= 0.6 is 0 Å². The van der Waals surface area contributed by atoms with Crippen LogP contribution in [0.25, 0.3) is 0 Å². The van der Waals surface area contributed by atoms with Crippen molar-refractivity contribution < 1.29 is 12.4 Å². The molecule has 0 saturated carbocycles. The quantitative estimate of drug-likeness (QED) is 0.446. The molecule has 3 heteroatoms. The van der Waals surface area contributed by atoms with E-state index in [0.29, 0.717) is 0 Å². The summed E-state index contributed by atoms with van der Waals surface area (Å²) >= 11 is 3.03. The van der Waals surface area contributed by atoms with Crippen LogP contribution in [0, 0.1) is 0 Å². The second-order valence-corrected chi connectivity index (χ2v) is 5.66. The van der Waals surface area contributed by atoms with E-state index >= 15 is 0 Å². The summed E-state index contributed by atoms with van der Waals surface area (Å²) in [5.41, 5.74) is 0. The van der Waals surface area contributed by atoms with Gasteiger partial charge in [0.05, 0.1) is 0 Å². The van der Waals surface area contributed by atoms with Gasteiger partial charge in [0.25, 0.3) is 0 Å². The van der Waals surface area contributed by atoms with E-state index in [-0.39, 0.29) is 12.4 Å². The Bertz CT molecular complexity index is 74.0. The molecule has 0 aromatic heterocycles. The van der Waals surface area contributed by atoms with Crippen molar-refractivity contribution in [3.8, 4) is 0 Å². The van der Waals surface area contributed by atoms with Gasteiger partial charge in [-0.1, -0.05) is 0 Å². The van der Waals surface area contributed by atoms with Crippen LogP contribution in [0.3, 0.4) is 0 Å². The van der Waals surface area contributed by atoms with Crippen LogP contribution in [0.2, 0.25) is 15.7 Å². The normalized spacial score (nSPS) is 8.33. The van der Waals surface area contributed by atoms with Gasteiger partial charge >= 0.3 is 108 Å². The fourth-order valence-electron chi connectivity index (χ4n) is 1.19. The molecule has 0 heterocycles. The Morgan fingerprint density at radius 2 is 1.20 bits per heavy atom. The number of halogens is 1. The number of rotatable bonds is 8. The molecule has 0 fully saturated rings. The zero-order chi connectivity index (χ0) is 11.1. The summed E-state index contributed by atoms with van der Waals surface area (Å²) in [7, 11) is 0. The van der Waals surface area contributed by atoms with Gasteiger partial charge in [-0.15, -0.1) is 0 Å². The summed E-state index contributed by atoms with van der Waals surface area (Å²) in [6, 6.07) is 0. The van der Waals surface area contributed by atoms with Crippen LogP contribution in [0.15, 0.2) is 0 Å². The fraction of sp³-hybridized carbons (Fsp3) is 1.00. The molecular formula is C12H27AlClLi. The molecule has 0 nitrogen and oxygen atoms in total. The first-order chi connectivity index (χ1) is 6.83. The van der Waals surface area contributed by atoms with E-state index in [1.165, 1.54) is 54.2 Å². The molecular weight excluding hydrogens is 214 g/mol. The molecule has 0 aliphatic heterocycles. The number of hydrogen-bond acceptors (Lipinski definition) is 0. The van der Waals surface area contributed by atoms with Gasteiger partial charge < -0.3 is 12.4 Å². The zero-order valence-corrected chi connectivity index (χ0v) is 13.2. The van der Waals surface area contributed by atoms with Gasteiger partial charge in [-0.25, -0.2) is 0 Å². The molecule has 86 valence electrons. The van der Waals surface area contributed by atoms with E-state index in [1.807, 2.05) is 0 Å². The average molecular weight is 241 g/mol. The van der Waals surface area contributed by atoms with Gasteiger partial charge in [-0.05, 0) is 0 Å². The molecule has 0 atom stereocenters. The predicted octanol–water partition coefficient (Wildman–Crippen LogP) is 1.50. The SMILES string of the molecule is CCC[CH2][Al+][CH2]CCC.[Cl-].[Li][CH2]CCC. The van der Waals surface area contributed by atoms with Crippen LogP contribution in [0.4, 0.5) is 0 Å². The van der Waals surface area contributed by atoms with Gasteiger partial charge in [-0.2, -0.15) is 0 Å². The molecule has 0 aliphatic carbocycles. The Hall–Kier alpha value is 1.42. The molecule has 0 N–H and O–H groups in total. The molecule has 0 aliphatic rings. The van der Waals surface area contributed by atoms with Crippen molar-refractivity contribution in [2.75, 3.05) is 0 Å². The molecule has 0 bridgehead atoms. The molecule has 0 radical (unpaired) electrons. The summed E-state index contributed by atoms with van der Waals surface area (Å²) in [4.78, 5) is 0. The molecule has 0 unspecified atom stereocenters. The van der Waals surface area contributed by atoms with Crippen molar-refractivity contribution in [2.45, 2.75) is 75.0 Å². The second kappa shape index (κ2) is 24.6. The second-order valence-electron chi connectivity index (χ2n) is 3.93. The van der Waals surface area contributed by atoms with E-state index in [0.717, 1.165) is 15.2 Å². The molecule has 0 rings (SSSR count). The Balaban J connectivity index is -0.000000208. The molecule has 0 amide bonds. The van der Waals surface area contributed by atoms with Crippen LogP contribution in [0.1, 0.15) is 59.3 Å². The Kier molecular flexibility index (Phi) is 35.5. The number of hydrogen-bond donors (Lipinski definition) is 0. The van der Waals surface area contributed by atoms with Crippen molar-refractivity contribution in [1.29, 1.82) is 0 Å². The first-order valence-electron chi connectivity index (χ1n) is 6.64. The van der Waals surface area contributed by atoms with Crippen LogP contribution in [-0.4, -0.2) is 32.9 Å². The molecule has 0 aromatic rings. The van der Waals surface area contributed by atoms with Crippen molar-refractivity contribution in [3.63, 3.8) is 0 Å². The van der Waals surface area contributed by atoms with Gasteiger partial charge in [0.1, 0.15) is 0 Å². The van der Waals surface area contributed by atoms with Crippen LogP contribution in [-0.2, 0) is 0 Å². The predicted molar refractivity (Wildman–Crippen MR) is 70.7 cm³/mol. The van der Waals surface area contributed by atoms with E-state index in [2.05, 4.69) is 38.5 Å². The van der Waals surface area contributed by atoms with E-state index in [1.54, 1.807) is 0 Å². The molecule has 0 spiro atoms. The van der Waals surface area contributed by atoms with Crippen molar-refractivity contribution in [2.24, 2.45) is 0 Å². The summed E-state index contributed by atoms with van der Waals surface area (Å²) < 4.78 is 0. The van der Waals surface area contributed by atoms with Crippen LogP contribution in [0.5, 0.6) is 0 Å². The maximum atomic E-state index is 2.28. The maximum absolute atomic E-state index is 2.28. The van der Waals surface area contributed by atoms with Crippen molar-refractivity contribution in [3.05, 3.63) is 0 Å². The fourth-order valence-corrected chi connectivity index (χ4v) is 2.88. The minimum atomic E-state index is 0.